The van der Waals surface area contributed by atoms with Crippen LogP contribution in [0.15, 0.2) is 18.2 Å². The van der Waals surface area contributed by atoms with Crippen molar-refractivity contribution in [3.63, 3.8) is 0 Å². The lowest BCUT2D eigenvalue weighted by Gasteiger charge is -2.09. The maximum Gasteiger partial charge on any atom is 0.387 e. The Balaban J connectivity index is 3.02. The number of benzene rings is 1. The number of nitrogen functional groups attached to an aromatic ring is 1. The van der Waals surface area contributed by atoms with Gasteiger partial charge in [0.25, 0.3) is 0 Å². The molecule has 0 unspecified atom stereocenters. The van der Waals surface area contributed by atoms with E-state index in [2.05, 4.69) is 4.74 Å². The molecule has 3 N–H and O–H groups in total. The summed E-state index contributed by atoms with van der Waals surface area (Å²) in [5, 5.41) is 7.12. The Labute approximate surface area is 80.0 Å². The Bertz CT molecular complexity index is 353. The lowest BCUT2D eigenvalue weighted by atomic mass is 10.1. The molecule has 0 spiro atoms. The van der Waals surface area contributed by atoms with Gasteiger partial charge in [-0.3, -0.25) is 5.41 Å². The Morgan fingerprint density at radius 3 is 2.64 bits per heavy atom. The third-order valence-electron chi connectivity index (χ3n) is 1.72. The van der Waals surface area contributed by atoms with E-state index >= 15 is 0 Å². The van der Waals surface area contributed by atoms with E-state index in [-0.39, 0.29) is 11.6 Å². The van der Waals surface area contributed by atoms with Crippen molar-refractivity contribution in [3.8, 4) is 5.75 Å². The number of halogens is 2. The first-order valence-electron chi connectivity index (χ1n) is 3.90. The van der Waals surface area contributed by atoms with Gasteiger partial charge in [0, 0.05) is 5.56 Å². The van der Waals surface area contributed by atoms with Crippen LogP contribution in [-0.2, 0) is 0 Å². The van der Waals surface area contributed by atoms with Crippen molar-refractivity contribution in [2.45, 2.75) is 13.5 Å². The first-order chi connectivity index (χ1) is 6.50. The Kier molecular flexibility index (Phi) is 3.01. The molecule has 1 aromatic rings. The lowest BCUT2D eigenvalue weighted by molar-refractivity contribution is -0.0502. The van der Waals surface area contributed by atoms with E-state index in [1.807, 2.05) is 0 Å². The maximum absolute atomic E-state index is 11.9. The van der Waals surface area contributed by atoms with Gasteiger partial charge in [0.1, 0.15) is 11.6 Å². The quantitative estimate of drug-likeness (QED) is 0.578. The molecule has 0 aromatic heterocycles. The zero-order valence-electron chi connectivity index (χ0n) is 7.55. The van der Waals surface area contributed by atoms with Crippen molar-refractivity contribution in [2.75, 3.05) is 0 Å². The fraction of sp³-hybridized carbons (Fsp3) is 0.222. The molecule has 76 valence electrons. The summed E-state index contributed by atoms with van der Waals surface area (Å²) >= 11 is 0. The number of amidine groups is 1. The summed E-state index contributed by atoms with van der Waals surface area (Å²) in [6.07, 6.45) is 0. The first kappa shape index (κ1) is 10.4. The van der Waals surface area contributed by atoms with Crippen LogP contribution in [0.3, 0.4) is 0 Å². The molecule has 5 heteroatoms. The average molecular weight is 200 g/mol. The molecule has 0 heterocycles. The van der Waals surface area contributed by atoms with Crippen LogP contribution in [0.1, 0.15) is 11.1 Å². The maximum atomic E-state index is 11.9. The molecule has 0 aliphatic rings. The molecule has 0 atom stereocenters. The summed E-state index contributed by atoms with van der Waals surface area (Å²) in [5.74, 6) is -0.128. The topological polar surface area (TPSA) is 59.1 Å². The normalized spacial score (nSPS) is 10.3. The molecule has 1 rings (SSSR count). The molecule has 14 heavy (non-hydrogen) atoms. The van der Waals surface area contributed by atoms with Crippen molar-refractivity contribution in [1.82, 2.24) is 0 Å². The molecule has 0 saturated carbocycles. The Morgan fingerprint density at radius 2 is 2.14 bits per heavy atom. The molecular formula is C9H10F2N2O. The van der Waals surface area contributed by atoms with Crippen molar-refractivity contribution in [3.05, 3.63) is 29.3 Å². The van der Waals surface area contributed by atoms with Gasteiger partial charge in [-0.1, -0.05) is 12.1 Å². The minimum Gasteiger partial charge on any atom is -0.435 e. The van der Waals surface area contributed by atoms with Crippen molar-refractivity contribution < 1.29 is 13.5 Å². The van der Waals surface area contributed by atoms with Crippen LogP contribution in [0.4, 0.5) is 8.78 Å². The summed E-state index contributed by atoms with van der Waals surface area (Å²) in [7, 11) is 0. The predicted molar refractivity (Wildman–Crippen MR) is 48.8 cm³/mol. The van der Waals surface area contributed by atoms with Gasteiger partial charge in [0.05, 0.1) is 0 Å². The van der Waals surface area contributed by atoms with Crippen LogP contribution in [0.5, 0.6) is 5.75 Å². The van der Waals surface area contributed by atoms with Crippen molar-refractivity contribution in [1.29, 1.82) is 5.41 Å². The number of alkyl halides is 2. The predicted octanol–water partition coefficient (Wildman–Crippen LogP) is 1.88. The van der Waals surface area contributed by atoms with Crippen LogP contribution >= 0.6 is 0 Å². The molecule has 0 fully saturated rings. The third-order valence-corrected chi connectivity index (χ3v) is 1.72. The van der Waals surface area contributed by atoms with Gasteiger partial charge in [-0.2, -0.15) is 8.78 Å². The fourth-order valence-electron chi connectivity index (χ4n) is 0.991. The summed E-state index contributed by atoms with van der Waals surface area (Å²) in [6, 6.07) is 4.48. The van der Waals surface area contributed by atoms with E-state index in [1.54, 1.807) is 19.1 Å². The zero-order chi connectivity index (χ0) is 10.7. The van der Waals surface area contributed by atoms with E-state index < -0.39 is 6.61 Å². The van der Waals surface area contributed by atoms with Gasteiger partial charge in [0.15, 0.2) is 0 Å². The van der Waals surface area contributed by atoms with Gasteiger partial charge in [-0.25, -0.2) is 0 Å². The number of hydrogen-bond acceptors (Lipinski definition) is 2. The average Bonchev–Trinajstić information content (AvgIpc) is 2.07. The van der Waals surface area contributed by atoms with E-state index in [9.17, 15) is 8.78 Å². The third kappa shape index (κ3) is 2.42. The largest absolute Gasteiger partial charge is 0.435 e. The van der Waals surface area contributed by atoms with Crippen LogP contribution in [0.25, 0.3) is 0 Å². The van der Waals surface area contributed by atoms with Crippen LogP contribution in [-0.4, -0.2) is 12.4 Å². The molecular weight excluding hydrogens is 190 g/mol. The van der Waals surface area contributed by atoms with E-state index in [4.69, 9.17) is 11.1 Å². The minimum absolute atomic E-state index is 0.0488. The molecule has 3 nitrogen and oxygen atoms in total. The van der Waals surface area contributed by atoms with Crippen LogP contribution in [0.2, 0.25) is 0 Å². The Hall–Kier alpha value is -1.65. The first-order valence-corrected chi connectivity index (χ1v) is 3.90. The monoisotopic (exact) mass is 200 g/mol. The van der Waals surface area contributed by atoms with Gasteiger partial charge in [-0.05, 0) is 18.6 Å². The number of ether oxygens (including phenoxy) is 1. The van der Waals surface area contributed by atoms with Gasteiger partial charge in [-0.15, -0.1) is 0 Å². The number of rotatable bonds is 3. The van der Waals surface area contributed by atoms with Gasteiger partial charge < -0.3 is 10.5 Å². The van der Waals surface area contributed by atoms with Crippen LogP contribution < -0.4 is 10.5 Å². The van der Waals surface area contributed by atoms with E-state index in [0.717, 1.165) is 0 Å². The van der Waals surface area contributed by atoms with Gasteiger partial charge in [0.2, 0.25) is 0 Å². The molecule has 0 radical (unpaired) electrons. The van der Waals surface area contributed by atoms with Crippen LogP contribution in [0, 0.1) is 12.3 Å². The summed E-state index contributed by atoms with van der Waals surface area (Å²) in [6.45, 7) is -1.22. The number of nitrogens with one attached hydrogen (secondary N) is 1. The smallest absolute Gasteiger partial charge is 0.387 e. The second-order valence-corrected chi connectivity index (χ2v) is 2.77. The SMILES string of the molecule is Cc1ccc(C(=N)N)cc1OC(F)F. The second kappa shape index (κ2) is 4.04. The molecule has 0 aliphatic carbocycles. The number of aryl methyl sites for hydroxylation is 1. The highest BCUT2D eigenvalue weighted by atomic mass is 19.3. The molecule has 0 amide bonds. The van der Waals surface area contributed by atoms with Crippen molar-refractivity contribution >= 4 is 5.84 Å². The van der Waals surface area contributed by atoms with E-state index in [1.165, 1.54) is 6.07 Å². The highest BCUT2D eigenvalue weighted by Gasteiger charge is 2.08. The minimum atomic E-state index is -2.86. The van der Waals surface area contributed by atoms with Crippen molar-refractivity contribution in [2.24, 2.45) is 5.73 Å². The fourth-order valence-corrected chi connectivity index (χ4v) is 0.991. The van der Waals surface area contributed by atoms with E-state index in [0.29, 0.717) is 11.1 Å². The lowest BCUT2D eigenvalue weighted by Crippen LogP contribution is -2.12. The number of nitrogens with two attached hydrogens (primary N) is 1. The summed E-state index contributed by atoms with van der Waals surface area (Å²) in [4.78, 5) is 0. The molecule has 0 saturated heterocycles. The second-order valence-electron chi connectivity index (χ2n) is 2.77. The number of hydrogen-bond donors (Lipinski definition) is 2. The molecule has 1 aromatic carbocycles. The van der Waals surface area contributed by atoms with Gasteiger partial charge >= 0.3 is 6.61 Å². The molecule has 0 aliphatic heterocycles. The summed E-state index contributed by atoms with van der Waals surface area (Å²) < 4.78 is 28.1. The highest BCUT2D eigenvalue weighted by Crippen LogP contribution is 2.21. The highest BCUT2D eigenvalue weighted by molar-refractivity contribution is 5.95. The zero-order valence-corrected chi connectivity index (χ0v) is 7.55. The molecule has 0 bridgehead atoms. The Morgan fingerprint density at radius 1 is 1.50 bits per heavy atom. The summed E-state index contributed by atoms with van der Waals surface area (Å²) in [5.41, 5.74) is 6.15. The standard InChI is InChI=1S/C9H10F2N2O/c1-5-2-3-6(8(12)13)4-7(5)14-9(10)11/h2-4,9H,1H3,(H3,12,13).